The SMILES string of the molecule is Cc1ccc([C@@H](CC(=O)NCCN2CCOCC2)c2cn(Cc3ccccc3)c3ccccc23)cc1. The topological polar surface area (TPSA) is 46.5 Å². The molecule has 5 heteroatoms. The minimum absolute atomic E-state index is 0.0177. The Kier molecular flexibility index (Phi) is 7.79. The summed E-state index contributed by atoms with van der Waals surface area (Å²) in [6, 6.07) is 27.7. The van der Waals surface area contributed by atoms with Crippen LogP contribution in [0.4, 0.5) is 0 Å². The molecule has 2 heterocycles. The fraction of sp³-hybridized carbons (Fsp3) is 0.323. The molecule has 0 saturated carbocycles. The largest absolute Gasteiger partial charge is 0.379 e. The zero-order valence-electron chi connectivity index (χ0n) is 21.0. The van der Waals surface area contributed by atoms with Gasteiger partial charge >= 0.3 is 0 Å². The number of ether oxygens (including phenoxy) is 1. The van der Waals surface area contributed by atoms with Crippen molar-refractivity contribution in [3.63, 3.8) is 0 Å². The van der Waals surface area contributed by atoms with Gasteiger partial charge in [0.1, 0.15) is 0 Å². The fourth-order valence-electron chi connectivity index (χ4n) is 5.11. The van der Waals surface area contributed by atoms with Crippen molar-refractivity contribution in [3.05, 3.63) is 107 Å². The highest BCUT2D eigenvalue weighted by atomic mass is 16.5. The van der Waals surface area contributed by atoms with Crippen LogP contribution >= 0.6 is 0 Å². The summed E-state index contributed by atoms with van der Waals surface area (Å²) in [5.74, 6) is 0.0737. The third-order valence-corrected chi connectivity index (χ3v) is 7.11. The van der Waals surface area contributed by atoms with Gasteiger partial charge in [0.05, 0.1) is 13.2 Å². The Bertz CT molecular complexity index is 1270. The number of amides is 1. The second kappa shape index (κ2) is 11.5. The lowest BCUT2D eigenvalue weighted by atomic mass is 9.87. The highest BCUT2D eigenvalue weighted by molar-refractivity contribution is 5.86. The lowest BCUT2D eigenvalue weighted by molar-refractivity contribution is -0.121. The number of aryl methyl sites for hydroxylation is 1. The van der Waals surface area contributed by atoms with E-state index in [0.717, 1.165) is 39.4 Å². The van der Waals surface area contributed by atoms with Gasteiger partial charge in [0.2, 0.25) is 5.91 Å². The van der Waals surface area contributed by atoms with Crippen molar-refractivity contribution < 1.29 is 9.53 Å². The normalized spacial score (nSPS) is 15.1. The minimum Gasteiger partial charge on any atom is -0.379 e. The molecule has 0 radical (unpaired) electrons. The molecule has 1 amide bonds. The molecule has 5 nitrogen and oxygen atoms in total. The summed E-state index contributed by atoms with van der Waals surface area (Å²) in [5, 5.41) is 4.39. The number of fused-ring (bicyclic) bond motifs is 1. The molecule has 0 bridgehead atoms. The average molecular weight is 482 g/mol. The molecule has 0 unspecified atom stereocenters. The Morgan fingerprint density at radius 2 is 1.67 bits per heavy atom. The number of hydrogen-bond donors (Lipinski definition) is 1. The van der Waals surface area contributed by atoms with Crippen molar-refractivity contribution in [3.8, 4) is 0 Å². The van der Waals surface area contributed by atoms with Crippen LogP contribution < -0.4 is 5.32 Å². The minimum atomic E-state index is -0.0177. The van der Waals surface area contributed by atoms with E-state index in [4.69, 9.17) is 4.74 Å². The van der Waals surface area contributed by atoms with E-state index in [2.05, 4.69) is 101 Å². The monoisotopic (exact) mass is 481 g/mol. The molecular formula is C31H35N3O2. The molecule has 1 aromatic heterocycles. The van der Waals surface area contributed by atoms with E-state index in [0.29, 0.717) is 13.0 Å². The van der Waals surface area contributed by atoms with Crippen LogP contribution in [-0.2, 0) is 16.1 Å². The molecule has 5 rings (SSSR count). The Morgan fingerprint density at radius 1 is 0.944 bits per heavy atom. The molecule has 36 heavy (non-hydrogen) atoms. The second-order valence-corrected chi connectivity index (χ2v) is 9.69. The van der Waals surface area contributed by atoms with Crippen molar-refractivity contribution in [2.45, 2.75) is 25.8 Å². The van der Waals surface area contributed by atoms with Gasteiger partial charge in [-0.15, -0.1) is 0 Å². The Balaban J connectivity index is 1.41. The number of para-hydroxylation sites is 1. The second-order valence-electron chi connectivity index (χ2n) is 9.69. The highest BCUT2D eigenvalue weighted by Crippen LogP contribution is 2.35. The summed E-state index contributed by atoms with van der Waals surface area (Å²) in [6.45, 7) is 7.84. The van der Waals surface area contributed by atoms with Gasteiger partial charge in [-0.1, -0.05) is 78.4 Å². The molecule has 1 aliphatic rings. The average Bonchev–Trinajstić information content (AvgIpc) is 3.27. The molecule has 1 fully saturated rings. The van der Waals surface area contributed by atoms with Crippen LogP contribution in [-0.4, -0.2) is 54.8 Å². The zero-order valence-corrected chi connectivity index (χ0v) is 21.0. The molecule has 3 aromatic carbocycles. The first-order chi connectivity index (χ1) is 17.7. The molecule has 1 aliphatic heterocycles. The van der Waals surface area contributed by atoms with Crippen LogP contribution in [0.3, 0.4) is 0 Å². The molecule has 1 saturated heterocycles. The number of benzene rings is 3. The van der Waals surface area contributed by atoms with Gasteiger partial charge in [0.25, 0.3) is 0 Å². The van der Waals surface area contributed by atoms with Crippen LogP contribution in [0.5, 0.6) is 0 Å². The van der Waals surface area contributed by atoms with E-state index in [-0.39, 0.29) is 11.8 Å². The molecule has 1 N–H and O–H groups in total. The number of nitrogens with one attached hydrogen (secondary N) is 1. The molecule has 1 atom stereocenters. The van der Waals surface area contributed by atoms with Crippen molar-refractivity contribution in [2.75, 3.05) is 39.4 Å². The number of carbonyl (C=O) groups excluding carboxylic acids is 1. The molecular weight excluding hydrogens is 446 g/mol. The predicted molar refractivity (Wildman–Crippen MR) is 145 cm³/mol. The van der Waals surface area contributed by atoms with E-state index in [9.17, 15) is 4.79 Å². The Morgan fingerprint density at radius 3 is 2.44 bits per heavy atom. The van der Waals surface area contributed by atoms with Crippen molar-refractivity contribution in [1.82, 2.24) is 14.8 Å². The number of rotatable bonds is 9. The third-order valence-electron chi connectivity index (χ3n) is 7.11. The molecule has 0 aliphatic carbocycles. The standard InChI is InChI=1S/C31H35N3O2/c1-24-11-13-26(14-12-24)28(21-31(35)32-15-16-33-17-19-36-20-18-33)29-23-34(22-25-7-3-2-4-8-25)30-10-6-5-9-27(29)30/h2-14,23,28H,15-22H2,1H3,(H,32,35)/t28-/m1/s1. The lowest BCUT2D eigenvalue weighted by Gasteiger charge is -2.26. The number of aromatic nitrogens is 1. The quantitative estimate of drug-likeness (QED) is 0.367. The molecule has 4 aromatic rings. The maximum atomic E-state index is 13.2. The highest BCUT2D eigenvalue weighted by Gasteiger charge is 2.23. The first kappa shape index (κ1) is 24.3. The van der Waals surface area contributed by atoms with E-state index in [1.54, 1.807) is 0 Å². The predicted octanol–water partition coefficient (Wildman–Crippen LogP) is 4.97. The molecule has 0 spiro atoms. The van der Waals surface area contributed by atoms with Gasteiger partial charge < -0.3 is 14.6 Å². The Labute approximate surface area is 213 Å². The van der Waals surface area contributed by atoms with E-state index < -0.39 is 0 Å². The number of carbonyl (C=O) groups is 1. The first-order valence-electron chi connectivity index (χ1n) is 12.9. The van der Waals surface area contributed by atoms with Gasteiger partial charge in [-0.05, 0) is 29.7 Å². The maximum Gasteiger partial charge on any atom is 0.220 e. The van der Waals surface area contributed by atoms with Gasteiger partial charge in [0, 0.05) is 62.2 Å². The van der Waals surface area contributed by atoms with E-state index >= 15 is 0 Å². The van der Waals surface area contributed by atoms with Gasteiger partial charge in [-0.2, -0.15) is 0 Å². The van der Waals surface area contributed by atoms with Crippen LogP contribution in [0, 0.1) is 6.92 Å². The lowest BCUT2D eigenvalue weighted by Crippen LogP contribution is -2.41. The van der Waals surface area contributed by atoms with Crippen LogP contribution in [0.1, 0.15) is 34.6 Å². The van der Waals surface area contributed by atoms with E-state index in [1.807, 2.05) is 6.07 Å². The summed E-state index contributed by atoms with van der Waals surface area (Å²) >= 11 is 0. The smallest absolute Gasteiger partial charge is 0.220 e. The van der Waals surface area contributed by atoms with Crippen LogP contribution in [0.25, 0.3) is 10.9 Å². The zero-order chi connectivity index (χ0) is 24.7. The Hall–Kier alpha value is -3.41. The summed E-state index contributed by atoms with van der Waals surface area (Å²) in [5.41, 5.74) is 6.05. The maximum absolute atomic E-state index is 13.2. The van der Waals surface area contributed by atoms with Gasteiger partial charge in [-0.25, -0.2) is 0 Å². The van der Waals surface area contributed by atoms with E-state index in [1.165, 1.54) is 33.2 Å². The van der Waals surface area contributed by atoms with Crippen LogP contribution in [0.2, 0.25) is 0 Å². The number of hydrogen-bond acceptors (Lipinski definition) is 3. The summed E-state index contributed by atoms with van der Waals surface area (Å²) in [7, 11) is 0. The number of morpholine rings is 1. The van der Waals surface area contributed by atoms with Crippen molar-refractivity contribution in [1.29, 1.82) is 0 Å². The van der Waals surface area contributed by atoms with Gasteiger partial charge in [0.15, 0.2) is 0 Å². The summed E-state index contributed by atoms with van der Waals surface area (Å²) in [6.07, 6.45) is 2.68. The summed E-state index contributed by atoms with van der Waals surface area (Å²) < 4.78 is 7.75. The van der Waals surface area contributed by atoms with Crippen LogP contribution in [0.15, 0.2) is 85.1 Å². The first-order valence-corrected chi connectivity index (χ1v) is 12.9. The number of nitrogens with zero attached hydrogens (tertiary/aromatic N) is 2. The van der Waals surface area contributed by atoms with Gasteiger partial charge in [-0.3, -0.25) is 9.69 Å². The molecule has 186 valence electrons. The van der Waals surface area contributed by atoms with Crippen molar-refractivity contribution in [2.24, 2.45) is 0 Å². The summed E-state index contributed by atoms with van der Waals surface area (Å²) in [4.78, 5) is 15.5. The van der Waals surface area contributed by atoms with Crippen molar-refractivity contribution >= 4 is 16.8 Å². The third kappa shape index (κ3) is 5.86. The fourth-order valence-corrected chi connectivity index (χ4v) is 5.11.